The van der Waals surface area contributed by atoms with Crippen LogP contribution in [-0.4, -0.2) is 21.8 Å². The number of halogens is 2. The van der Waals surface area contributed by atoms with E-state index in [2.05, 4.69) is 29.1 Å². The summed E-state index contributed by atoms with van der Waals surface area (Å²) in [6, 6.07) is 7.60. The van der Waals surface area contributed by atoms with Crippen molar-refractivity contribution >= 4 is 40.4 Å². The molecule has 2 aromatic heterocycles. The van der Waals surface area contributed by atoms with Crippen LogP contribution >= 0.6 is 23.2 Å². The molecule has 0 amide bonds. The Labute approximate surface area is 147 Å². The van der Waals surface area contributed by atoms with Crippen molar-refractivity contribution in [2.45, 2.75) is 33.7 Å². The Kier molecular flexibility index (Phi) is 10.7. The predicted octanol–water partition coefficient (Wildman–Crippen LogP) is 4.47. The van der Waals surface area contributed by atoms with Gasteiger partial charge in [-0.2, -0.15) is 0 Å². The van der Waals surface area contributed by atoms with Crippen LogP contribution in [0.15, 0.2) is 36.7 Å². The molecule has 2 rings (SSSR count). The predicted molar refractivity (Wildman–Crippen MR) is 98.0 cm³/mol. The van der Waals surface area contributed by atoms with Gasteiger partial charge in [0.1, 0.15) is 5.78 Å². The highest BCUT2D eigenvalue weighted by Gasteiger charge is 1.99. The number of nitrogens with two attached hydrogens (primary N) is 1. The molecule has 7 heteroatoms. The Hall–Kier alpha value is -1.85. The minimum Gasteiger partial charge on any atom is -0.396 e. The minimum atomic E-state index is 0.167. The molecule has 0 saturated carbocycles. The molecule has 0 aliphatic carbocycles. The zero-order valence-electron chi connectivity index (χ0n) is 13.7. The summed E-state index contributed by atoms with van der Waals surface area (Å²) < 4.78 is 0. The molecule has 0 radical (unpaired) electrons. The van der Waals surface area contributed by atoms with Crippen molar-refractivity contribution in [2.75, 3.05) is 11.1 Å². The number of carbonyl (C=O) groups excluding carboxylic acids is 1. The van der Waals surface area contributed by atoms with Crippen LogP contribution in [0.1, 0.15) is 27.7 Å². The maximum atomic E-state index is 9.44. The summed E-state index contributed by atoms with van der Waals surface area (Å²) in [5, 5.41) is 4.08. The topological polar surface area (TPSA) is 80.9 Å². The number of nitrogen functional groups attached to an aromatic ring is 1. The van der Waals surface area contributed by atoms with Gasteiger partial charge < -0.3 is 15.8 Å². The third-order valence-electron chi connectivity index (χ3n) is 1.99. The lowest BCUT2D eigenvalue weighted by Gasteiger charge is -2.09. The van der Waals surface area contributed by atoms with Crippen LogP contribution < -0.4 is 11.1 Å². The van der Waals surface area contributed by atoms with Gasteiger partial charge in [-0.1, -0.05) is 23.2 Å². The second kappa shape index (κ2) is 11.7. The zero-order chi connectivity index (χ0) is 17.8. The number of hydrogen-bond acceptors (Lipinski definition) is 5. The number of hydrogen-bond donors (Lipinski definition) is 2. The number of ketones is 1. The van der Waals surface area contributed by atoms with Crippen LogP contribution in [0.5, 0.6) is 0 Å². The molecular formula is C16H22Cl2N4O. The van der Waals surface area contributed by atoms with Crippen LogP contribution in [0.2, 0.25) is 10.3 Å². The fraction of sp³-hybridized carbons (Fsp3) is 0.312. The Bertz CT molecular complexity index is 581. The number of nitrogens with one attached hydrogen (secondary N) is 1. The second-order valence-electron chi connectivity index (χ2n) is 4.93. The van der Waals surface area contributed by atoms with E-state index < -0.39 is 0 Å². The van der Waals surface area contributed by atoms with E-state index in [-0.39, 0.29) is 5.78 Å². The average Bonchev–Trinajstić information content (AvgIpc) is 2.44. The van der Waals surface area contributed by atoms with E-state index in [0.29, 0.717) is 22.0 Å². The summed E-state index contributed by atoms with van der Waals surface area (Å²) in [5.74, 6) is 0.167. The molecule has 0 aromatic carbocycles. The van der Waals surface area contributed by atoms with Crippen molar-refractivity contribution in [1.82, 2.24) is 9.97 Å². The maximum Gasteiger partial charge on any atom is 0.152 e. The highest BCUT2D eigenvalue weighted by molar-refractivity contribution is 6.32. The third kappa shape index (κ3) is 11.4. The fourth-order valence-electron chi connectivity index (χ4n) is 1.20. The Balaban J connectivity index is 0.000000354. The van der Waals surface area contributed by atoms with Gasteiger partial charge >= 0.3 is 0 Å². The number of pyridine rings is 2. The molecule has 0 saturated heterocycles. The van der Waals surface area contributed by atoms with Gasteiger partial charge in [0.25, 0.3) is 0 Å². The summed E-state index contributed by atoms with van der Waals surface area (Å²) in [5.41, 5.74) is 6.74. The highest BCUT2D eigenvalue weighted by atomic mass is 35.5. The van der Waals surface area contributed by atoms with Gasteiger partial charge in [-0.3, -0.25) is 0 Å². The van der Waals surface area contributed by atoms with E-state index in [0.717, 1.165) is 5.69 Å². The van der Waals surface area contributed by atoms with Gasteiger partial charge in [0.2, 0.25) is 0 Å². The summed E-state index contributed by atoms with van der Waals surface area (Å²) in [4.78, 5) is 17.1. The Morgan fingerprint density at radius 1 is 1.09 bits per heavy atom. The number of nitrogens with zero attached hydrogens (tertiary/aromatic N) is 2. The molecule has 0 fully saturated rings. The summed E-state index contributed by atoms with van der Waals surface area (Å²) in [6.45, 7) is 7.17. The molecule has 2 aromatic rings. The summed E-state index contributed by atoms with van der Waals surface area (Å²) in [6.07, 6.45) is 3.27. The normalized spacial score (nSPS) is 9.17. The largest absolute Gasteiger partial charge is 0.396 e. The lowest BCUT2D eigenvalue weighted by molar-refractivity contribution is -0.114. The van der Waals surface area contributed by atoms with Crippen molar-refractivity contribution < 1.29 is 4.79 Å². The molecule has 0 bridgehead atoms. The van der Waals surface area contributed by atoms with E-state index in [1.54, 1.807) is 24.5 Å². The van der Waals surface area contributed by atoms with Crippen LogP contribution in [0.4, 0.5) is 11.4 Å². The van der Waals surface area contributed by atoms with Crippen molar-refractivity contribution in [1.29, 1.82) is 0 Å². The number of anilines is 2. The van der Waals surface area contributed by atoms with Crippen molar-refractivity contribution in [3.63, 3.8) is 0 Å². The molecule has 126 valence electrons. The van der Waals surface area contributed by atoms with E-state index in [1.165, 1.54) is 13.8 Å². The molecule has 0 aliphatic rings. The van der Waals surface area contributed by atoms with E-state index in [9.17, 15) is 4.79 Å². The molecule has 0 atom stereocenters. The SMILES string of the molecule is CC(C)=O.CC(C)Nc1cccnc1Cl.Nc1cccnc1Cl. The lowest BCUT2D eigenvalue weighted by atomic mass is 10.3. The molecule has 0 aliphatic heterocycles. The number of carbonyl (C=O) groups is 1. The third-order valence-corrected chi connectivity index (χ3v) is 2.61. The molecular weight excluding hydrogens is 335 g/mol. The number of rotatable bonds is 2. The number of Topliss-reactive ketones (excluding diaryl/α,β-unsaturated/α-hetero) is 1. The van der Waals surface area contributed by atoms with E-state index >= 15 is 0 Å². The smallest absolute Gasteiger partial charge is 0.152 e. The quantitative estimate of drug-likeness (QED) is 0.775. The van der Waals surface area contributed by atoms with Gasteiger partial charge in [0.15, 0.2) is 10.3 Å². The second-order valence-corrected chi connectivity index (χ2v) is 5.65. The first-order chi connectivity index (χ1) is 10.7. The van der Waals surface area contributed by atoms with Gasteiger partial charge in [-0.25, -0.2) is 9.97 Å². The Morgan fingerprint density at radius 3 is 1.91 bits per heavy atom. The van der Waals surface area contributed by atoms with Gasteiger partial charge in [-0.05, 0) is 52.0 Å². The van der Waals surface area contributed by atoms with E-state index in [1.807, 2.05) is 12.1 Å². The summed E-state index contributed by atoms with van der Waals surface area (Å²) >= 11 is 11.3. The summed E-state index contributed by atoms with van der Waals surface area (Å²) in [7, 11) is 0. The van der Waals surface area contributed by atoms with E-state index in [4.69, 9.17) is 28.9 Å². The van der Waals surface area contributed by atoms with Gasteiger partial charge in [0, 0.05) is 18.4 Å². The average molecular weight is 357 g/mol. The molecule has 23 heavy (non-hydrogen) atoms. The maximum absolute atomic E-state index is 9.44. The monoisotopic (exact) mass is 356 g/mol. The molecule has 0 spiro atoms. The molecule has 2 heterocycles. The van der Waals surface area contributed by atoms with Crippen molar-refractivity contribution in [2.24, 2.45) is 0 Å². The molecule has 3 N–H and O–H groups in total. The first-order valence-electron chi connectivity index (χ1n) is 6.94. The van der Waals surface area contributed by atoms with Crippen molar-refractivity contribution in [3.05, 3.63) is 47.0 Å². The van der Waals surface area contributed by atoms with Gasteiger partial charge in [0.05, 0.1) is 11.4 Å². The number of aromatic nitrogens is 2. The zero-order valence-corrected chi connectivity index (χ0v) is 15.2. The van der Waals surface area contributed by atoms with Crippen molar-refractivity contribution in [3.8, 4) is 0 Å². The lowest BCUT2D eigenvalue weighted by Crippen LogP contribution is -2.10. The standard InChI is InChI=1S/C8H11ClN2.C5H5ClN2.C3H6O/c1-6(2)11-7-4-3-5-10-8(7)9;6-5-4(7)2-1-3-8-5;1-3(2)4/h3-6,11H,1-2H3;1-3H,7H2;1-2H3. The Morgan fingerprint density at radius 2 is 1.57 bits per heavy atom. The molecule has 5 nitrogen and oxygen atoms in total. The highest BCUT2D eigenvalue weighted by Crippen LogP contribution is 2.17. The fourth-order valence-corrected chi connectivity index (χ4v) is 1.50. The van der Waals surface area contributed by atoms with Crippen LogP contribution in [0, 0.1) is 0 Å². The van der Waals surface area contributed by atoms with Crippen LogP contribution in [0.25, 0.3) is 0 Å². The molecule has 0 unspecified atom stereocenters. The minimum absolute atomic E-state index is 0.167. The van der Waals surface area contributed by atoms with Gasteiger partial charge in [-0.15, -0.1) is 0 Å². The first-order valence-corrected chi connectivity index (χ1v) is 7.69. The first kappa shape index (κ1) is 21.1. The van der Waals surface area contributed by atoms with Crippen LogP contribution in [0.3, 0.4) is 0 Å². The van der Waals surface area contributed by atoms with Crippen LogP contribution in [-0.2, 0) is 4.79 Å².